The van der Waals surface area contributed by atoms with Crippen LogP contribution in [-0.2, 0) is 14.8 Å². The van der Waals surface area contributed by atoms with Crippen molar-refractivity contribution in [3.63, 3.8) is 0 Å². The van der Waals surface area contributed by atoms with Crippen LogP contribution < -0.4 is 5.32 Å². The summed E-state index contributed by atoms with van der Waals surface area (Å²) in [5, 5.41) is 4.48. The highest BCUT2D eigenvalue weighted by molar-refractivity contribution is 7.98. The van der Waals surface area contributed by atoms with Crippen LogP contribution in [0.1, 0.15) is 18.4 Å². The van der Waals surface area contributed by atoms with Gasteiger partial charge in [-0.05, 0) is 31.2 Å². The number of hydrogen-bond acceptors (Lipinski definition) is 5. The Labute approximate surface area is 158 Å². The zero-order valence-electron chi connectivity index (χ0n) is 14.9. The number of benzene rings is 1. The first-order chi connectivity index (χ1) is 12.4. The molecule has 26 heavy (non-hydrogen) atoms. The molecule has 1 aromatic carbocycles. The standard InChI is InChI=1S/C18H23N3O3S2/c1-13-10-19-11-14-4-3-5-16(18(13)14)26(23,24)21-8-6-15(12-21)20-17(22)7-9-25-2/h3-5,10-11,15H,6-9,12H2,1-2H3,(H,20,22)/t15-/m1/s1. The zero-order valence-corrected chi connectivity index (χ0v) is 16.6. The third-order valence-electron chi connectivity index (χ3n) is 4.60. The van der Waals surface area contributed by atoms with E-state index < -0.39 is 10.0 Å². The molecule has 1 saturated heterocycles. The topological polar surface area (TPSA) is 79.4 Å². The van der Waals surface area contributed by atoms with E-state index in [1.54, 1.807) is 36.3 Å². The lowest BCUT2D eigenvalue weighted by Crippen LogP contribution is -2.38. The van der Waals surface area contributed by atoms with E-state index in [9.17, 15) is 13.2 Å². The van der Waals surface area contributed by atoms with Crippen LogP contribution in [0.25, 0.3) is 10.8 Å². The van der Waals surface area contributed by atoms with Crippen LogP contribution in [0.2, 0.25) is 0 Å². The van der Waals surface area contributed by atoms with Gasteiger partial charge in [0, 0.05) is 54.5 Å². The van der Waals surface area contributed by atoms with Crippen molar-refractivity contribution in [2.45, 2.75) is 30.7 Å². The third kappa shape index (κ3) is 3.87. The number of nitrogens with one attached hydrogen (secondary N) is 1. The predicted octanol–water partition coefficient (Wildman–Crippen LogP) is 2.18. The Hall–Kier alpha value is -1.64. The number of aryl methyl sites for hydroxylation is 1. The van der Waals surface area contributed by atoms with E-state index in [0.29, 0.717) is 30.8 Å². The molecule has 8 heteroatoms. The average Bonchev–Trinajstić information content (AvgIpc) is 3.09. The van der Waals surface area contributed by atoms with Crippen molar-refractivity contribution in [1.29, 1.82) is 0 Å². The molecular weight excluding hydrogens is 370 g/mol. The lowest BCUT2D eigenvalue weighted by molar-refractivity contribution is -0.121. The van der Waals surface area contributed by atoms with E-state index in [2.05, 4.69) is 10.3 Å². The van der Waals surface area contributed by atoms with Crippen molar-refractivity contribution in [3.8, 4) is 0 Å². The van der Waals surface area contributed by atoms with Crippen molar-refractivity contribution in [3.05, 3.63) is 36.2 Å². The first kappa shape index (κ1) is 19.1. The van der Waals surface area contributed by atoms with Gasteiger partial charge in [-0.25, -0.2) is 8.42 Å². The van der Waals surface area contributed by atoms with Gasteiger partial charge in [-0.2, -0.15) is 16.1 Å². The minimum atomic E-state index is -3.62. The number of carbonyl (C=O) groups is 1. The second kappa shape index (κ2) is 7.94. The first-order valence-electron chi connectivity index (χ1n) is 8.55. The van der Waals surface area contributed by atoms with Crippen LogP contribution in [0.4, 0.5) is 0 Å². The molecule has 1 N–H and O–H groups in total. The van der Waals surface area contributed by atoms with Gasteiger partial charge in [0.25, 0.3) is 0 Å². The molecule has 0 radical (unpaired) electrons. The van der Waals surface area contributed by atoms with Gasteiger partial charge in [0.2, 0.25) is 15.9 Å². The second-order valence-corrected chi connectivity index (χ2v) is 9.36. The Bertz CT molecular complexity index is 910. The van der Waals surface area contributed by atoms with Crippen LogP contribution in [0, 0.1) is 6.92 Å². The van der Waals surface area contributed by atoms with Gasteiger partial charge in [-0.15, -0.1) is 0 Å². The maximum Gasteiger partial charge on any atom is 0.243 e. The molecule has 2 aromatic rings. The number of nitrogens with zero attached hydrogens (tertiary/aromatic N) is 2. The lowest BCUT2D eigenvalue weighted by atomic mass is 10.1. The Morgan fingerprint density at radius 1 is 1.38 bits per heavy atom. The second-order valence-electron chi connectivity index (χ2n) is 6.47. The smallest absolute Gasteiger partial charge is 0.243 e. The number of rotatable bonds is 6. The number of thioether (sulfide) groups is 1. The van der Waals surface area contributed by atoms with Gasteiger partial charge >= 0.3 is 0 Å². The molecule has 0 unspecified atom stereocenters. The summed E-state index contributed by atoms with van der Waals surface area (Å²) in [7, 11) is -3.62. The molecule has 6 nitrogen and oxygen atoms in total. The summed E-state index contributed by atoms with van der Waals surface area (Å²) in [6, 6.07) is 5.13. The Balaban J connectivity index is 1.81. The monoisotopic (exact) mass is 393 g/mol. The molecule has 1 amide bonds. The fraction of sp³-hybridized carbons (Fsp3) is 0.444. The van der Waals surface area contributed by atoms with Crippen LogP contribution in [0.3, 0.4) is 0 Å². The molecule has 0 bridgehead atoms. The summed E-state index contributed by atoms with van der Waals surface area (Å²) in [6.45, 7) is 2.59. The first-order valence-corrected chi connectivity index (χ1v) is 11.4. The SMILES string of the molecule is CSCCC(=O)N[C@@H]1CCN(S(=O)(=O)c2cccc3cncc(C)c23)C1. The molecule has 1 aliphatic heterocycles. The number of aromatic nitrogens is 1. The maximum absolute atomic E-state index is 13.2. The lowest BCUT2D eigenvalue weighted by Gasteiger charge is -2.19. The van der Waals surface area contributed by atoms with E-state index in [4.69, 9.17) is 0 Å². The molecule has 0 aliphatic carbocycles. The van der Waals surface area contributed by atoms with E-state index in [-0.39, 0.29) is 11.9 Å². The van der Waals surface area contributed by atoms with Crippen molar-refractivity contribution in [1.82, 2.24) is 14.6 Å². The van der Waals surface area contributed by atoms with Crippen molar-refractivity contribution in [2.24, 2.45) is 0 Å². The highest BCUT2D eigenvalue weighted by Gasteiger charge is 2.34. The number of fused-ring (bicyclic) bond motifs is 1. The fourth-order valence-electron chi connectivity index (χ4n) is 3.28. The van der Waals surface area contributed by atoms with E-state index in [1.807, 2.05) is 19.2 Å². The molecule has 3 rings (SSSR count). The molecular formula is C18H23N3O3S2. The van der Waals surface area contributed by atoms with E-state index in [1.165, 1.54) is 4.31 Å². The van der Waals surface area contributed by atoms with Crippen LogP contribution in [0.5, 0.6) is 0 Å². The number of amides is 1. The molecule has 1 atom stereocenters. The molecule has 1 fully saturated rings. The van der Waals surface area contributed by atoms with E-state index >= 15 is 0 Å². The van der Waals surface area contributed by atoms with Crippen LogP contribution in [-0.4, -0.2) is 54.8 Å². The quantitative estimate of drug-likeness (QED) is 0.814. The van der Waals surface area contributed by atoms with Crippen molar-refractivity contribution >= 4 is 38.5 Å². The van der Waals surface area contributed by atoms with Crippen LogP contribution >= 0.6 is 11.8 Å². The number of carbonyl (C=O) groups excluding carboxylic acids is 1. The molecule has 0 saturated carbocycles. The van der Waals surface area contributed by atoms with Crippen LogP contribution in [0.15, 0.2) is 35.5 Å². The minimum Gasteiger partial charge on any atom is -0.352 e. The number of sulfonamides is 1. The van der Waals surface area contributed by atoms with Crippen molar-refractivity contribution in [2.75, 3.05) is 25.1 Å². The maximum atomic E-state index is 13.2. The fourth-order valence-corrected chi connectivity index (χ4v) is 5.46. The van der Waals surface area contributed by atoms with Gasteiger partial charge in [0.1, 0.15) is 0 Å². The highest BCUT2D eigenvalue weighted by atomic mass is 32.2. The summed E-state index contributed by atoms with van der Waals surface area (Å²) in [5.41, 5.74) is 0.836. The Morgan fingerprint density at radius 2 is 2.19 bits per heavy atom. The molecule has 1 aliphatic rings. The molecule has 2 heterocycles. The highest BCUT2D eigenvalue weighted by Crippen LogP contribution is 2.29. The third-order valence-corrected chi connectivity index (χ3v) is 7.12. The Kier molecular flexibility index (Phi) is 5.84. The van der Waals surface area contributed by atoms with Gasteiger partial charge in [0.05, 0.1) is 4.90 Å². The van der Waals surface area contributed by atoms with Gasteiger partial charge in [-0.3, -0.25) is 9.78 Å². The summed E-state index contributed by atoms with van der Waals surface area (Å²) >= 11 is 1.62. The average molecular weight is 394 g/mol. The zero-order chi connectivity index (χ0) is 18.7. The van der Waals surface area contributed by atoms with Gasteiger partial charge in [0.15, 0.2) is 0 Å². The molecule has 0 spiro atoms. The summed E-state index contributed by atoms with van der Waals surface area (Å²) < 4.78 is 27.9. The predicted molar refractivity (Wildman–Crippen MR) is 105 cm³/mol. The van der Waals surface area contributed by atoms with Crippen molar-refractivity contribution < 1.29 is 13.2 Å². The van der Waals surface area contributed by atoms with Gasteiger partial charge in [-0.1, -0.05) is 12.1 Å². The largest absolute Gasteiger partial charge is 0.352 e. The molecule has 140 valence electrons. The molecule has 1 aromatic heterocycles. The summed E-state index contributed by atoms with van der Waals surface area (Å²) in [5.74, 6) is 0.750. The van der Waals surface area contributed by atoms with Gasteiger partial charge < -0.3 is 5.32 Å². The summed E-state index contributed by atoms with van der Waals surface area (Å²) in [6.07, 6.45) is 6.41. The number of pyridine rings is 1. The summed E-state index contributed by atoms with van der Waals surface area (Å²) in [4.78, 5) is 16.4. The normalized spacial score (nSPS) is 18.3. The number of hydrogen-bond donors (Lipinski definition) is 1. The minimum absolute atomic E-state index is 0.0179. The Morgan fingerprint density at radius 3 is 2.96 bits per heavy atom. The van der Waals surface area contributed by atoms with E-state index in [0.717, 1.165) is 22.1 Å².